The van der Waals surface area contributed by atoms with Crippen molar-refractivity contribution in [3.05, 3.63) is 97.1 Å². The molecular weight excluding hydrogens is 408 g/mol. The smallest absolute Gasteiger partial charge is 0.0000929 e. The van der Waals surface area contributed by atoms with Gasteiger partial charge < -0.3 is 0 Å². The molecule has 0 aliphatic carbocycles. The summed E-state index contributed by atoms with van der Waals surface area (Å²) in [4.78, 5) is 0. The van der Waals surface area contributed by atoms with Gasteiger partial charge in [-0.05, 0) is 115 Å². The van der Waals surface area contributed by atoms with Gasteiger partial charge in [-0.15, -0.1) is 0 Å². The molecule has 0 unspecified atom stereocenters. The van der Waals surface area contributed by atoms with E-state index in [0.717, 1.165) is 0 Å². The average molecular weight is 425 g/mol. The Bertz CT molecular complexity index is 2420. The average Bonchev–Trinajstić information content (AvgIpc) is 2.89. The second-order valence-corrected chi connectivity index (χ2v) is 10.1. The molecule has 0 saturated heterocycles. The van der Waals surface area contributed by atoms with Crippen LogP contribution in [-0.4, -0.2) is 0 Å². The molecular formula is C34H16. The van der Waals surface area contributed by atoms with Gasteiger partial charge in [-0.1, -0.05) is 78.9 Å². The molecule has 0 fully saturated rings. The van der Waals surface area contributed by atoms with Gasteiger partial charge in [0.15, 0.2) is 0 Å². The SMILES string of the molecule is c1ccc2c(c1)cc1cc3ccc4ccc5ccc6cc7cccc8c7c7c6c5c4c3c7c1c28. The molecule has 0 N–H and O–H groups in total. The minimum atomic E-state index is 1.32. The lowest BCUT2D eigenvalue weighted by atomic mass is 9.78. The van der Waals surface area contributed by atoms with E-state index in [1.54, 1.807) is 0 Å². The Labute approximate surface area is 193 Å². The molecule has 0 heteroatoms. The van der Waals surface area contributed by atoms with Crippen LogP contribution >= 0.6 is 0 Å². The summed E-state index contributed by atoms with van der Waals surface area (Å²) in [6, 6.07) is 37.0. The highest BCUT2D eigenvalue weighted by atomic mass is 14.3. The fourth-order valence-electron chi connectivity index (χ4n) is 7.34. The van der Waals surface area contributed by atoms with Crippen LogP contribution in [-0.2, 0) is 0 Å². The van der Waals surface area contributed by atoms with Crippen molar-refractivity contribution in [2.75, 3.05) is 0 Å². The summed E-state index contributed by atoms with van der Waals surface area (Å²) in [6.45, 7) is 0. The molecule has 0 aliphatic heterocycles. The molecule has 152 valence electrons. The Hall–Kier alpha value is -4.42. The van der Waals surface area contributed by atoms with Crippen molar-refractivity contribution in [2.45, 2.75) is 0 Å². The van der Waals surface area contributed by atoms with Crippen LogP contribution in [0.25, 0.3) is 97.0 Å². The van der Waals surface area contributed by atoms with E-state index in [4.69, 9.17) is 0 Å². The van der Waals surface area contributed by atoms with Crippen molar-refractivity contribution in [3.8, 4) is 0 Å². The van der Waals surface area contributed by atoms with Gasteiger partial charge in [0.25, 0.3) is 0 Å². The highest BCUT2D eigenvalue weighted by molar-refractivity contribution is 6.52. The minimum Gasteiger partial charge on any atom is -0.0616 e. The molecule has 0 aliphatic rings. The van der Waals surface area contributed by atoms with Gasteiger partial charge in [-0.2, -0.15) is 0 Å². The van der Waals surface area contributed by atoms with E-state index in [0.29, 0.717) is 0 Å². The molecule has 0 radical (unpaired) electrons. The summed E-state index contributed by atoms with van der Waals surface area (Å²) in [5, 5.41) is 25.0. The van der Waals surface area contributed by atoms with Crippen molar-refractivity contribution in [3.63, 3.8) is 0 Å². The van der Waals surface area contributed by atoms with Crippen molar-refractivity contribution in [1.82, 2.24) is 0 Å². The minimum absolute atomic E-state index is 1.32. The Morgan fingerprint density at radius 3 is 1.47 bits per heavy atom. The number of fused-ring (bicyclic) bond motifs is 3. The maximum atomic E-state index is 2.43. The van der Waals surface area contributed by atoms with E-state index in [2.05, 4.69) is 97.1 Å². The molecule has 0 bridgehead atoms. The van der Waals surface area contributed by atoms with Crippen LogP contribution in [0.5, 0.6) is 0 Å². The predicted octanol–water partition coefficient (Wildman–Crippen LogP) is 9.82. The number of benzene rings is 10. The van der Waals surface area contributed by atoms with Gasteiger partial charge in [0.05, 0.1) is 0 Å². The molecule has 10 rings (SSSR count). The van der Waals surface area contributed by atoms with E-state index in [9.17, 15) is 0 Å². The van der Waals surface area contributed by atoms with Gasteiger partial charge >= 0.3 is 0 Å². The summed E-state index contributed by atoms with van der Waals surface area (Å²) in [5.74, 6) is 0. The zero-order chi connectivity index (χ0) is 21.7. The molecule has 10 aromatic rings. The van der Waals surface area contributed by atoms with Crippen molar-refractivity contribution >= 4 is 97.0 Å². The van der Waals surface area contributed by atoms with Crippen LogP contribution in [0.4, 0.5) is 0 Å². The van der Waals surface area contributed by atoms with Gasteiger partial charge in [0.1, 0.15) is 0 Å². The molecule has 0 aromatic heterocycles. The fraction of sp³-hybridized carbons (Fsp3) is 0. The van der Waals surface area contributed by atoms with Crippen LogP contribution in [0.2, 0.25) is 0 Å². The van der Waals surface area contributed by atoms with E-state index < -0.39 is 0 Å². The molecule has 34 heavy (non-hydrogen) atoms. The Kier molecular flexibility index (Phi) is 2.41. The third kappa shape index (κ3) is 1.57. The maximum absolute atomic E-state index is 2.43. The van der Waals surface area contributed by atoms with Gasteiger partial charge in [-0.3, -0.25) is 0 Å². The van der Waals surface area contributed by atoms with Gasteiger partial charge in [0.2, 0.25) is 0 Å². The topological polar surface area (TPSA) is 0 Å². The van der Waals surface area contributed by atoms with Crippen LogP contribution in [0.15, 0.2) is 97.1 Å². The first kappa shape index (κ1) is 16.2. The normalized spacial score (nSPS) is 13.3. The molecule has 0 amide bonds. The second-order valence-electron chi connectivity index (χ2n) is 10.1. The quantitative estimate of drug-likeness (QED) is 0.168. The first-order valence-corrected chi connectivity index (χ1v) is 12.0. The summed E-state index contributed by atoms with van der Waals surface area (Å²) in [6.07, 6.45) is 0. The fourth-order valence-corrected chi connectivity index (χ4v) is 7.34. The lowest BCUT2D eigenvalue weighted by Crippen LogP contribution is -1.96. The first-order valence-electron chi connectivity index (χ1n) is 12.0. The van der Waals surface area contributed by atoms with Crippen molar-refractivity contribution in [1.29, 1.82) is 0 Å². The molecule has 0 atom stereocenters. The van der Waals surface area contributed by atoms with E-state index in [-0.39, 0.29) is 0 Å². The largest absolute Gasteiger partial charge is 0.0616 e. The second kappa shape index (κ2) is 5.05. The summed E-state index contributed by atoms with van der Waals surface area (Å²) in [5.41, 5.74) is 0. The number of hydrogen-bond acceptors (Lipinski definition) is 0. The standard InChI is InChI=1S/C34H16/c1-2-6-24-19(4-1)14-23-16-22-13-11-18-9-8-17-10-12-21-15-20-5-3-7-25-26(20)33-29(21)27(17)28(18)30(22)34(33)31(23)32(24)25/h1-16H. The lowest BCUT2D eigenvalue weighted by molar-refractivity contribution is 1.80. The van der Waals surface area contributed by atoms with Crippen molar-refractivity contribution < 1.29 is 0 Å². The van der Waals surface area contributed by atoms with Gasteiger partial charge in [0, 0.05) is 0 Å². The van der Waals surface area contributed by atoms with E-state index >= 15 is 0 Å². The van der Waals surface area contributed by atoms with E-state index in [1.807, 2.05) is 0 Å². The van der Waals surface area contributed by atoms with Gasteiger partial charge in [-0.25, -0.2) is 0 Å². The number of rotatable bonds is 0. The summed E-state index contributed by atoms with van der Waals surface area (Å²) in [7, 11) is 0. The lowest BCUT2D eigenvalue weighted by Gasteiger charge is -2.24. The van der Waals surface area contributed by atoms with E-state index in [1.165, 1.54) is 97.0 Å². The number of hydrogen-bond donors (Lipinski definition) is 0. The van der Waals surface area contributed by atoms with Crippen LogP contribution < -0.4 is 0 Å². The highest BCUT2D eigenvalue weighted by Crippen LogP contribution is 2.53. The van der Waals surface area contributed by atoms with Crippen LogP contribution in [0.1, 0.15) is 0 Å². The molecule has 0 saturated carbocycles. The zero-order valence-corrected chi connectivity index (χ0v) is 18.2. The summed E-state index contributed by atoms with van der Waals surface area (Å²) >= 11 is 0. The Balaban J connectivity index is 1.77. The molecule has 0 spiro atoms. The third-order valence-electron chi connectivity index (χ3n) is 8.55. The highest BCUT2D eigenvalue weighted by Gasteiger charge is 2.25. The first-order chi connectivity index (χ1) is 16.9. The van der Waals surface area contributed by atoms with Crippen LogP contribution in [0.3, 0.4) is 0 Å². The molecule has 0 heterocycles. The summed E-state index contributed by atoms with van der Waals surface area (Å²) < 4.78 is 0. The van der Waals surface area contributed by atoms with Crippen LogP contribution in [0, 0.1) is 0 Å². The third-order valence-corrected chi connectivity index (χ3v) is 8.55. The zero-order valence-electron chi connectivity index (χ0n) is 18.2. The molecule has 10 aromatic carbocycles. The predicted molar refractivity (Wildman–Crippen MR) is 149 cm³/mol. The Morgan fingerprint density at radius 1 is 0.235 bits per heavy atom. The maximum Gasteiger partial charge on any atom is -0.0000929 e. The molecule has 0 nitrogen and oxygen atoms in total. The van der Waals surface area contributed by atoms with Crippen molar-refractivity contribution in [2.24, 2.45) is 0 Å². The monoisotopic (exact) mass is 424 g/mol. The Morgan fingerprint density at radius 2 is 0.706 bits per heavy atom.